The predicted molar refractivity (Wildman–Crippen MR) is 100 cm³/mol. The van der Waals surface area contributed by atoms with Crippen molar-refractivity contribution in [2.24, 2.45) is 0 Å². The van der Waals surface area contributed by atoms with E-state index in [1.54, 1.807) is 0 Å². The van der Waals surface area contributed by atoms with Crippen LogP contribution in [-0.2, 0) is 6.54 Å². The van der Waals surface area contributed by atoms with E-state index in [1.165, 1.54) is 11.3 Å². The molecule has 0 unspecified atom stereocenters. The van der Waals surface area contributed by atoms with Crippen LogP contribution in [-0.4, -0.2) is 11.8 Å². The van der Waals surface area contributed by atoms with Gasteiger partial charge in [-0.25, -0.2) is 0 Å². The molecule has 25 heavy (non-hydrogen) atoms. The maximum absolute atomic E-state index is 12.5. The third kappa shape index (κ3) is 2.83. The molecule has 1 aromatic heterocycles. The van der Waals surface area contributed by atoms with E-state index >= 15 is 0 Å². The van der Waals surface area contributed by atoms with E-state index in [-0.39, 0.29) is 11.8 Å². The fourth-order valence-electron chi connectivity index (χ4n) is 3.07. The standard InChI is InChI=1S/C20H16N2O2S/c1-12-9-17(25-11-12)19(23)22-16-8-7-14(13-5-3-2-4-6-13)15-10-21-20(24)18(15)16/h2-9,11H,10H2,1H3,(H,21,24)(H,22,23). The van der Waals surface area contributed by atoms with Gasteiger partial charge in [-0.1, -0.05) is 36.4 Å². The number of nitrogens with one attached hydrogen (secondary N) is 2. The molecule has 0 bridgehead atoms. The summed E-state index contributed by atoms with van der Waals surface area (Å²) in [6.07, 6.45) is 0. The van der Waals surface area contributed by atoms with Crippen LogP contribution in [0, 0.1) is 6.92 Å². The lowest BCUT2D eigenvalue weighted by molar-refractivity contribution is 0.0966. The van der Waals surface area contributed by atoms with Crippen LogP contribution >= 0.6 is 11.3 Å². The number of anilines is 1. The van der Waals surface area contributed by atoms with Crippen LogP contribution in [0.25, 0.3) is 11.1 Å². The minimum absolute atomic E-state index is 0.148. The molecule has 0 spiro atoms. The first kappa shape index (κ1) is 15.6. The monoisotopic (exact) mass is 348 g/mol. The van der Waals surface area contributed by atoms with Gasteiger partial charge >= 0.3 is 0 Å². The number of rotatable bonds is 3. The summed E-state index contributed by atoms with van der Waals surface area (Å²) in [4.78, 5) is 25.4. The Labute approximate surface area is 149 Å². The third-order valence-electron chi connectivity index (χ3n) is 4.25. The lowest BCUT2D eigenvalue weighted by Crippen LogP contribution is -2.16. The Kier molecular flexibility index (Phi) is 3.86. The van der Waals surface area contributed by atoms with Gasteiger partial charge in [-0.3, -0.25) is 9.59 Å². The number of amides is 2. The first-order valence-corrected chi connectivity index (χ1v) is 8.87. The zero-order valence-electron chi connectivity index (χ0n) is 13.6. The molecule has 1 aliphatic rings. The van der Waals surface area contributed by atoms with Gasteiger partial charge in [0.05, 0.1) is 16.1 Å². The van der Waals surface area contributed by atoms with Crippen molar-refractivity contribution in [3.8, 4) is 11.1 Å². The van der Waals surface area contributed by atoms with Crippen molar-refractivity contribution in [1.29, 1.82) is 0 Å². The van der Waals surface area contributed by atoms with Crippen LogP contribution in [0.3, 0.4) is 0 Å². The molecule has 2 N–H and O–H groups in total. The van der Waals surface area contributed by atoms with Crippen molar-refractivity contribution in [1.82, 2.24) is 5.32 Å². The van der Waals surface area contributed by atoms with Gasteiger partial charge in [0.15, 0.2) is 0 Å². The molecule has 0 saturated heterocycles. The Bertz CT molecular complexity index is 977. The second-order valence-corrected chi connectivity index (χ2v) is 6.92. The second kappa shape index (κ2) is 6.18. The van der Waals surface area contributed by atoms with Gasteiger partial charge in [0.1, 0.15) is 0 Å². The average Bonchev–Trinajstić information content (AvgIpc) is 3.23. The molecular weight excluding hydrogens is 332 g/mol. The molecule has 2 aromatic carbocycles. The van der Waals surface area contributed by atoms with Crippen LogP contribution in [0.15, 0.2) is 53.9 Å². The van der Waals surface area contributed by atoms with Gasteiger partial charge in [-0.05, 0) is 46.7 Å². The molecule has 4 nitrogen and oxygen atoms in total. The van der Waals surface area contributed by atoms with Gasteiger partial charge < -0.3 is 10.6 Å². The highest BCUT2D eigenvalue weighted by molar-refractivity contribution is 7.12. The highest BCUT2D eigenvalue weighted by Gasteiger charge is 2.26. The Morgan fingerprint density at radius 3 is 2.68 bits per heavy atom. The van der Waals surface area contributed by atoms with Crippen LogP contribution in [0.4, 0.5) is 5.69 Å². The summed E-state index contributed by atoms with van der Waals surface area (Å²) < 4.78 is 0. The SMILES string of the molecule is Cc1csc(C(=O)Nc2ccc(-c3ccccc3)c3c2C(=O)NC3)c1. The van der Waals surface area contributed by atoms with Crippen LogP contribution in [0.1, 0.15) is 31.2 Å². The minimum atomic E-state index is -0.188. The summed E-state index contributed by atoms with van der Waals surface area (Å²) in [6.45, 7) is 2.42. The van der Waals surface area contributed by atoms with Crippen LogP contribution < -0.4 is 10.6 Å². The molecule has 0 aliphatic carbocycles. The topological polar surface area (TPSA) is 58.2 Å². The van der Waals surface area contributed by atoms with Gasteiger partial charge in [-0.2, -0.15) is 0 Å². The van der Waals surface area contributed by atoms with Gasteiger partial charge in [-0.15, -0.1) is 11.3 Å². The lowest BCUT2D eigenvalue weighted by atomic mass is 9.95. The predicted octanol–water partition coefficient (Wildman–Crippen LogP) is 4.22. The molecule has 3 aromatic rings. The van der Waals surface area contributed by atoms with Gasteiger partial charge in [0, 0.05) is 6.54 Å². The maximum Gasteiger partial charge on any atom is 0.265 e. The first-order valence-electron chi connectivity index (χ1n) is 7.99. The zero-order valence-corrected chi connectivity index (χ0v) is 14.4. The molecule has 1 aliphatic heterocycles. The molecule has 0 saturated carbocycles. The van der Waals surface area contributed by atoms with E-state index in [2.05, 4.69) is 10.6 Å². The molecule has 0 fully saturated rings. The number of fused-ring (bicyclic) bond motifs is 1. The molecule has 124 valence electrons. The molecule has 5 heteroatoms. The van der Waals surface area contributed by atoms with Gasteiger partial charge in [0.2, 0.25) is 0 Å². The summed E-state index contributed by atoms with van der Waals surface area (Å²) in [5.74, 6) is -0.335. The lowest BCUT2D eigenvalue weighted by Gasteiger charge is -2.12. The first-order chi connectivity index (χ1) is 12.1. The summed E-state index contributed by atoms with van der Waals surface area (Å²) in [7, 11) is 0. The molecular formula is C20H16N2O2S. The summed E-state index contributed by atoms with van der Waals surface area (Å²) >= 11 is 1.40. The summed E-state index contributed by atoms with van der Waals surface area (Å²) in [6, 6.07) is 15.6. The number of benzene rings is 2. The van der Waals surface area contributed by atoms with Crippen molar-refractivity contribution in [2.45, 2.75) is 13.5 Å². The van der Waals surface area contributed by atoms with Crippen LogP contribution in [0.5, 0.6) is 0 Å². The van der Waals surface area contributed by atoms with Crippen molar-refractivity contribution < 1.29 is 9.59 Å². The quantitative estimate of drug-likeness (QED) is 0.744. The molecule has 4 rings (SSSR count). The molecule has 0 radical (unpaired) electrons. The fourth-order valence-corrected chi connectivity index (χ4v) is 3.87. The smallest absolute Gasteiger partial charge is 0.265 e. The van der Waals surface area contributed by atoms with E-state index in [0.717, 1.165) is 22.3 Å². The zero-order chi connectivity index (χ0) is 17.4. The number of thiophene rings is 1. The molecule has 0 atom stereocenters. The van der Waals surface area contributed by atoms with E-state index in [1.807, 2.05) is 60.8 Å². The fraction of sp³-hybridized carbons (Fsp3) is 0.100. The van der Waals surface area contributed by atoms with E-state index in [0.29, 0.717) is 22.7 Å². The largest absolute Gasteiger partial charge is 0.348 e. The Morgan fingerprint density at radius 1 is 1.16 bits per heavy atom. The second-order valence-electron chi connectivity index (χ2n) is 6.01. The van der Waals surface area contributed by atoms with Crippen molar-refractivity contribution in [3.63, 3.8) is 0 Å². The highest BCUT2D eigenvalue weighted by Crippen LogP contribution is 2.34. The number of aryl methyl sites for hydroxylation is 1. The van der Waals surface area contributed by atoms with Crippen molar-refractivity contribution >= 4 is 28.8 Å². The van der Waals surface area contributed by atoms with Crippen LogP contribution in [0.2, 0.25) is 0 Å². The summed E-state index contributed by atoms with van der Waals surface area (Å²) in [5.41, 5.74) is 5.17. The van der Waals surface area contributed by atoms with Crippen molar-refractivity contribution in [3.05, 3.63) is 75.5 Å². The number of carbonyl (C=O) groups is 2. The van der Waals surface area contributed by atoms with Gasteiger partial charge in [0.25, 0.3) is 11.8 Å². The summed E-state index contributed by atoms with van der Waals surface area (Å²) in [5, 5.41) is 7.69. The van der Waals surface area contributed by atoms with E-state index < -0.39 is 0 Å². The highest BCUT2D eigenvalue weighted by atomic mass is 32.1. The number of hydrogen-bond donors (Lipinski definition) is 2. The number of hydrogen-bond acceptors (Lipinski definition) is 3. The third-order valence-corrected chi connectivity index (χ3v) is 5.30. The normalized spacial score (nSPS) is 12.6. The van der Waals surface area contributed by atoms with E-state index in [4.69, 9.17) is 0 Å². The average molecular weight is 348 g/mol. The Morgan fingerprint density at radius 2 is 1.96 bits per heavy atom. The number of carbonyl (C=O) groups excluding carboxylic acids is 2. The Hall–Kier alpha value is -2.92. The van der Waals surface area contributed by atoms with Crippen molar-refractivity contribution in [2.75, 3.05) is 5.32 Å². The minimum Gasteiger partial charge on any atom is -0.348 e. The molecule has 2 amide bonds. The maximum atomic E-state index is 12.5. The van der Waals surface area contributed by atoms with E-state index in [9.17, 15) is 9.59 Å². The Balaban J connectivity index is 1.74. The molecule has 2 heterocycles.